The van der Waals surface area contributed by atoms with Gasteiger partial charge in [0.25, 0.3) is 0 Å². The van der Waals surface area contributed by atoms with Crippen LogP contribution in [0.2, 0.25) is 0 Å². The Kier molecular flexibility index (Phi) is 41.8. The fourth-order valence-corrected chi connectivity index (χ4v) is 4.85. The van der Waals surface area contributed by atoms with Gasteiger partial charge in [0.1, 0.15) is 12.4 Å². The number of ether oxygens (including phenoxy) is 13. The molecule has 0 saturated heterocycles. The molecule has 0 aromatic heterocycles. The fourth-order valence-electron chi connectivity index (χ4n) is 4.85. The Morgan fingerprint density at radius 1 is 0.339 bits per heavy atom. The zero-order chi connectivity index (χ0) is 40.1. The molecule has 0 saturated carbocycles. The summed E-state index contributed by atoms with van der Waals surface area (Å²) in [7, 11) is 4.04. The van der Waals surface area contributed by atoms with Crippen LogP contribution in [0.1, 0.15) is 51.0 Å². The van der Waals surface area contributed by atoms with Crippen molar-refractivity contribution < 1.29 is 61.6 Å². The van der Waals surface area contributed by atoms with E-state index in [4.69, 9.17) is 61.6 Å². The van der Waals surface area contributed by atoms with Crippen molar-refractivity contribution in [1.29, 1.82) is 0 Å². The first-order valence-corrected chi connectivity index (χ1v) is 21.0. The SMILES string of the molecule is CCCCCCCCc1ccc(OCCOCCOCCOCCOCCOCCOCCOCCOCCOCCOCCOCCOCCN(C)C)cc1. The molecule has 14 nitrogen and oxygen atoms in total. The molecule has 330 valence electrons. The third-order valence-electron chi connectivity index (χ3n) is 8.01. The number of likely N-dealkylation sites (N-methyl/N-ethyl adjacent to an activating group) is 1. The van der Waals surface area contributed by atoms with Gasteiger partial charge in [-0.15, -0.1) is 0 Å². The summed E-state index contributed by atoms with van der Waals surface area (Å²) < 4.78 is 71.9. The number of unbranched alkanes of at least 4 members (excludes halogenated alkanes) is 5. The second-order valence-corrected chi connectivity index (χ2v) is 13.2. The molecule has 0 heterocycles. The average molecular weight is 806 g/mol. The van der Waals surface area contributed by atoms with Crippen molar-refractivity contribution in [2.75, 3.05) is 186 Å². The van der Waals surface area contributed by atoms with Gasteiger partial charge in [0.2, 0.25) is 0 Å². The number of benzene rings is 1. The van der Waals surface area contributed by atoms with Gasteiger partial charge in [0, 0.05) is 6.54 Å². The van der Waals surface area contributed by atoms with Crippen molar-refractivity contribution >= 4 is 0 Å². The van der Waals surface area contributed by atoms with Crippen LogP contribution < -0.4 is 4.74 Å². The van der Waals surface area contributed by atoms with Crippen LogP contribution in [0.3, 0.4) is 0 Å². The summed E-state index contributed by atoms with van der Waals surface area (Å²) in [5, 5.41) is 0. The summed E-state index contributed by atoms with van der Waals surface area (Å²) in [4.78, 5) is 2.08. The lowest BCUT2D eigenvalue weighted by atomic mass is 10.0. The number of nitrogens with zero attached hydrogens (tertiary/aromatic N) is 1. The van der Waals surface area contributed by atoms with Gasteiger partial charge in [-0.2, -0.15) is 0 Å². The van der Waals surface area contributed by atoms with Crippen LogP contribution in [0.5, 0.6) is 5.75 Å². The lowest BCUT2D eigenvalue weighted by Crippen LogP contribution is -2.19. The van der Waals surface area contributed by atoms with Gasteiger partial charge in [0.05, 0.1) is 159 Å². The van der Waals surface area contributed by atoms with E-state index in [1.54, 1.807) is 0 Å². The van der Waals surface area contributed by atoms with E-state index >= 15 is 0 Å². The molecule has 0 radical (unpaired) electrons. The number of hydrogen-bond acceptors (Lipinski definition) is 14. The summed E-state index contributed by atoms with van der Waals surface area (Å²) in [6, 6.07) is 8.44. The van der Waals surface area contributed by atoms with Gasteiger partial charge in [-0.25, -0.2) is 0 Å². The lowest BCUT2D eigenvalue weighted by Gasteiger charge is -2.10. The van der Waals surface area contributed by atoms with Crippen molar-refractivity contribution in [3.63, 3.8) is 0 Å². The van der Waals surface area contributed by atoms with Crippen molar-refractivity contribution in [3.8, 4) is 5.75 Å². The van der Waals surface area contributed by atoms with E-state index in [0.29, 0.717) is 165 Å². The van der Waals surface area contributed by atoms with Crippen LogP contribution in [-0.2, 0) is 63.3 Å². The minimum atomic E-state index is 0.510. The molecule has 0 amide bonds. The van der Waals surface area contributed by atoms with Gasteiger partial charge in [-0.05, 0) is 44.6 Å². The predicted molar refractivity (Wildman–Crippen MR) is 217 cm³/mol. The highest BCUT2D eigenvalue weighted by Crippen LogP contribution is 2.15. The molecule has 0 unspecified atom stereocenters. The topological polar surface area (TPSA) is 123 Å². The molecule has 0 aliphatic carbocycles. The lowest BCUT2D eigenvalue weighted by molar-refractivity contribution is -0.0286. The monoisotopic (exact) mass is 806 g/mol. The highest BCUT2D eigenvalue weighted by Gasteiger charge is 2.00. The van der Waals surface area contributed by atoms with Crippen molar-refractivity contribution in [3.05, 3.63) is 29.8 Å². The Morgan fingerprint density at radius 3 is 0.946 bits per heavy atom. The Hall–Kier alpha value is -1.50. The van der Waals surface area contributed by atoms with E-state index in [1.807, 2.05) is 14.1 Å². The fraction of sp³-hybridized carbons (Fsp3) is 0.857. The first-order chi connectivity index (χ1) is 27.7. The summed E-state index contributed by atoms with van der Waals surface area (Å²) in [5.74, 6) is 0.885. The Bertz CT molecular complexity index is 885. The molecular weight excluding hydrogens is 726 g/mol. The van der Waals surface area contributed by atoms with E-state index in [9.17, 15) is 0 Å². The number of rotatable bonds is 47. The highest BCUT2D eigenvalue weighted by atomic mass is 16.6. The minimum absolute atomic E-state index is 0.510. The Morgan fingerprint density at radius 2 is 0.625 bits per heavy atom. The maximum Gasteiger partial charge on any atom is 0.119 e. The molecule has 56 heavy (non-hydrogen) atoms. The first-order valence-electron chi connectivity index (χ1n) is 21.0. The van der Waals surface area contributed by atoms with Gasteiger partial charge in [0.15, 0.2) is 0 Å². The van der Waals surface area contributed by atoms with Crippen LogP contribution in [-0.4, -0.2) is 191 Å². The third kappa shape index (κ3) is 40.7. The molecule has 0 aliphatic heterocycles. The van der Waals surface area contributed by atoms with Gasteiger partial charge in [-0.3, -0.25) is 0 Å². The van der Waals surface area contributed by atoms with Crippen molar-refractivity contribution in [1.82, 2.24) is 4.90 Å². The standard InChI is InChI=1S/C42H79NO13/c1-4-5-6-7-8-9-10-41-11-13-42(14-12-41)56-40-39-55-38-37-54-36-35-53-34-33-52-32-31-51-30-29-50-28-27-49-26-25-48-24-23-47-22-21-46-20-19-45-18-17-44-16-15-43(2)3/h11-14H,4-10,15-40H2,1-3H3. The first kappa shape index (κ1) is 52.5. The summed E-state index contributed by atoms with van der Waals surface area (Å²) >= 11 is 0. The average Bonchev–Trinajstić information content (AvgIpc) is 3.20. The molecule has 1 aromatic carbocycles. The second kappa shape index (κ2) is 44.6. The van der Waals surface area contributed by atoms with Crippen molar-refractivity contribution in [2.45, 2.75) is 51.9 Å². The molecule has 0 N–H and O–H groups in total. The molecule has 0 fully saturated rings. The van der Waals surface area contributed by atoms with Crippen LogP contribution in [0.25, 0.3) is 0 Å². The molecule has 1 aromatic rings. The molecule has 1 rings (SSSR count). The zero-order valence-electron chi connectivity index (χ0n) is 35.4. The molecule has 0 atom stereocenters. The predicted octanol–water partition coefficient (Wildman–Crippen LogP) is 4.73. The largest absolute Gasteiger partial charge is 0.491 e. The molecule has 14 heteroatoms. The second-order valence-electron chi connectivity index (χ2n) is 13.2. The zero-order valence-corrected chi connectivity index (χ0v) is 35.4. The molecular formula is C42H79NO13. The summed E-state index contributed by atoms with van der Waals surface area (Å²) in [6.07, 6.45) is 9.08. The van der Waals surface area contributed by atoms with Gasteiger partial charge in [-0.1, -0.05) is 51.2 Å². The smallest absolute Gasteiger partial charge is 0.119 e. The maximum absolute atomic E-state index is 5.78. The number of hydrogen-bond donors (Lipinski definition) is 0. The Labute approximate surface area is 339 Å². The molecule has 0 aliphatic rings. The molecule has 0 spiro atoms. The Balaban J connectivity index is 1.66. The van der Waals surface area contributed by atoms with Crippen LogP contribution in [0, 0.1) is 0 Å². The van der Waals surface area contributed by atoms with Crippen LogP contribution in [0.4, 0.5) is 0 Å². The van der Waals surface area contributed by atoms with Gasteiger partial charge >= 0.3 is 0 Å². The van der Waals surface area contributed by atoms with E-state index in [1.165, 1.54) is 44.1 Å². The summed E-state index contributed by atoms with van der Waals surface area (Å²) in [5.41, 5.74) is 1.38. The normalized spacial score (nSPS) is 11.6. The van der Waals surface area contributed by atoms with Crippen LogP contribution >= 0.6 is 0 Å². The summed E-state index contributed by atoms with van der Waals surface area (Å²) in [6.45, 7) is 16.5. The van der Waals surface area contributed by atoms with E-state index in [0.717, 1.165) is 18.7 Å². The van der Waals surface area contributed by atoms with E-state index in [-0.39, 0.29) is 0 Å². The minimum Gasteiger partial charge on any atom is -0.491 e. The molecule has 0 bridgehead atoms. The van der Waals surface area contributed by atoms with E-state index < -0.39 is 0 Å². The number of aryl methyl sites for hydroxylation is 1. The van der Waals surface area contributed by atoms with E-state index in [2.05, 4.69) is 36.1 Å². The van der Waals surface area contributed by atoms with Gasteiger partial charge < -0.3 is 66.5 Å². The maximum atomic E-state index is 5.78. The van der Waals surface area contributed by atoms with Crippen molar-refractivity contribution in [2.24, 2.45) is 0 Å². The third-order valence-corrected chi connectivity index (χ3v) is 8.01. The highest BCUT2D eigenvalue weighted by molar-refractivity contribution is 5.27. The van der Waals surface area contributed by atoms with Crippen LogP contribution in [0.15, 0.2) is 24.3 Å². The quantitative estimate of drug-likeness (QED) is 0.0844.